The van der Waals surface area contributed by atoms with Crippen LogP contribution in [0.5, 0.6) is 5.75 Å². The molecule has 0 heterocycles. The van der Waals surface area contributed by atoms with Crippen molar-refractivity contribution in [3.8, 4) is 5.75 Å². The molecule has 0 radical (unpaired) electrons. The first kappa shape index (κ1) is 13.4. The molecule has 1 aliphatic rings. The summed E-state index contributed by atoms with van der Waals surface area (Å²) >= 11 is 0. The fourth-order valence-corrected chi connectivity index (χ4v) is 2.57. The molecule has 1 atom stereocenters. The monoisotopic (exact) mass is 247 g/mol. The van der Waals surface area contributed by atoms with E-state index in [1.165, 1.54) is 30.4 Å². The summed E-state index contributed by atoms with van der Waals surface area (Å²) in [5.74, 6) is 1.62. The molecule has 0 spiro atoms. The van der Waals surface area contributed by atoms with Crippen LogP contribution < -0.4 is 10.1 Å². The number of rotatable bonds is 6. The lowest BCUT2D eigenvalue weighted by molar-refractivity contribution is 0.232. The quantitative estimate of drug-likeness (QED) is 0.833. The van der Waals surface area contributed by atoms with Crippen molar-refractivity contribution in [2.24, 2.45) is 5.92 Å². The highest BCUT2D eigenvalue weighted by Crippen LogP contribution is 2.26. The summed E-state index contributed by atoms with van der Waals surface area (Å²) in [6.07, 6.45) is 3.75. The van der Waals surface area contributed by atoms with Crippen molar-refractivity contribution in [2.45, 2.75) is 46.1 Å². The molecule has 100 valence electrons. The molecule has 0 aromatic heterocycles. The van der Waals surface area contributed by atoms with E-state index in [9.17, 15) is 0 Å². The second kappa shape index (κ2) is 6.24. The minimum atomic E-state index is 0.434. The van der Waals surface area contributed by atoms with Crippen molar-refractivity contribution in [2.75, 3.05) is 13.2 Å². The molecular formula is C16H25NO. The number of aryl methyl sites for hydroxylation is 2. The molecule has 18 heavy (non-hydrogen) atoms. The molecule has 1 unspecified atom stereocenters. The van der Waals surface area contributed by atoms with Crippen LogP contribution in [0.1, 0.15) is 38.3 Å². The summed E-state index contributed by atoms with van der Waals surface area (Å²) in [5.41, 5.74) is 2.99. The largest absolute Gasteiger partial charge is 0.492 e. The number of fused-ring (bicyclic) bond motifs is 1. The molecular weight excluding hydrogens is 222 g/mol. The van der Waals surface area contributed by atoms with Crippen molar-refractivity contribution in [3.05, 3.63) is 29.3 Å². The molecule has 1 N–H and O–H groups in total. The lowest BCUT2D eigenvalue weighted by atomic mass is 10.1. The van der Waals surface area contributed by atoms with Crippen LogP contribution in [-0.2, 0) is 12.8 Å². The van der Waals surface area contributed by atoms with Gasteiger partial charge < -0.3 is 10.1 Å². The zero-order chi connectivity index (χ0) is 13.0. The Morgan fingerprint density at radius 2 is 2.00 bits per heavy atom. The van der Waals surface area contributed by atoms with Crippen LogP contribution in [0.4, 0.5) is 0 Å². The third-order valence-electron chi connectivity index (χ3n) is 3.77. The van der Waals surface area contributed by atoms with Gasteiger partial charge in [-0.3, -0.25) is 0 Å². The minimum Gasteiger partial charge on any atom is -0.492 e. The number of ether oxygens (including phenoxy) is 1. The van der Waals surface area contributed by atoms with E-state index in [4.69, 9.17) is 4.74 Å². The highest BCUT2D eigenvalue weighted by Gasteiger charge is 2.14. The summed E-state index contributed by atoms with van der Waals surface area (Å²) < 4.78 is 5.94. The summed E-state index contributed by atoms with van der Waals surface area (Å²) in [6.45, 7) is 8.37. The highest BCUT2D eigenvalue weighted by molar-refractivity contribution is 5.38. The fraction of sp³-hybridized carbons (Fsp3) is 0.625. The molecule has 0 amide bonds. The Balaban J connectivity index is 1.93. The van der Waals surface area contributed by atoms with Gasteiger partial charge >= 0.3 is 0 Å². The summed E-state index contributed by atoms with van der Waals surface area (Å²) in [6, 6.07) is 7.01. The van der Waals surface area contributed by atoms with E-state index in [2.05, 4.69) is 44.3 Å². The topological polar surface area (TPSA) is 21.3 Å². The zero-order valence-corrected chi connectivity index (χ0v) is 11.8. The molecule has 1 aromatic carbocycles. The molecule has 0 saturated heterocycles. The average Bonchev–Trinajstić information content (AvgIpc) is 2.81. The van der Waals surface area contributed by atoms with Crippen molar-refractivity contribution in [3.63, 3.8) is 0 Å². The van der Waals surface area contributed by atoms with Gasteiger partial charge in [0.25, 0.3) is 0 Å². The zero-order valence-electron chi connectivity index (χ0n) is 11.8. The van der Waals surface area contributed by atoms with Crippen LogP contribution in [0.3, 0.4) is 0 Å². The summed E-state index contributed by atoms with van der Waals surface area (Å²) in [7, 11) is 0. The van der Waals surface area contributed by atoms with E-state index in [-0.39, 0.29) is 0 Å². The average molecular weight is 247 g/mol. The van der Waals surface area contributed by atoms with Gasteiger partial charge in [0, 0.05) is 6.04 Å². The predicted octanol–water partition coefficient (Wildman–Crippen LogP) is 3.19. The molecule has 2 rings (SSSR count). The van der Waals surface area contributed by atoms with Crippen LogP contribution in [0.2, 0.25) is 0 Å². The van der Waals surface area contributed by atoms with Crippen LogP contribution >= 0.6 is 0 Å². The summed E-state index contributed by atoms with van der Waals surface area (Å²) in [4.78, 5) is 0. The molecule has 0 bridgehead atoms. The van der Waals surface area contributed by atoms with Crippen LogP contribution in [0, 0.1) is 5.92 Å². The van der Waals surface area contributed by atoms with Crippen LogP contribution in [-0.4, -0.2) is 19.2 Å². The number of hydrogen-bond acceptors (Lipinski definition) is 2. The molecule has 1 aliphatic carbocycles. The minimum absolute atomic E-state index is 0.434. The summed E-state index contributed by atoms with van der Waals surface area (Å²) in [5, 5.41) is 3.48. The maximum Gasteiger partial charge on any atom is 0.119 e. The Morgan fingerprint density at radius 1 is 1.22 bits per heavy atom. The van der Waals surface area contributed by atoms with Gasteiger partial charge in [0.15, 0.2) is 0 Å². The smallest absolute Gasteiger partial charge is 0.119 e. The third kappa shape index (κ3) is 3.26. The van der Waals surface area contributed by atoms with Crippen molar-refractivity contribution in [1.29, 1.82) is 0 Å². The number of likely N-dealkylation sites (N-methyl/N-ethyl adjacent to an activating group) is 1. The van der Waals surface area contributed by atoms with Gasteiger partial charge in [-0.25, -0.2) is 0 Å². The molecule has 2 nitrogen and oxygen atoms in total. The predicted molar refractivity (Wildman–Crippen MR) is 76.3 cm³/mol. The van der Waals surface area contributed by atoms with Gasteiger partial charge in [-0.2, -0.15) is 0 Å². The lowest BCUT2D eigenvalue weighted by Gasteiger charge is -2.22. The maximum atomic E-state index is 5.94. The molecule has 0 saturated carbocycles. The van der Waals surface area contributed by atoms with Gasteiger partial charge in [0.2, 0.25) is 0 Å². The fourth-order valence-electron chi connectivity index (χ4n) is 2.57. The Labute approximate surface area is 111 Å². The molecule has 1 aromatic rings. The van der Waals surface area contributed by atoms with E-state index in [1.54, 1.807) is 0 Å². The van der Waals surface area contributed by atoms with E-state index >= 15 is 0 Å². The third-order valence-corrected chi connectivity index (χ3v) is 3.77. The van der Waals surface area contributed by atoms with E-state index < -0.39 is 0 Å². The second-order valence-corrected chi connectivity index (χ2v) is 5.50. The van der Waals surface area contributed by atoms with E-state index in [1.807, 2.05) is 0 Å². The lowest BCUT2D eigenvalue weighted by Crippen LogP contribution is -2.38. The highest BCUT2D eigenvalue weighted by atomic mass is 16.5. The Kier molecular flexibility index (Phi) is 4.65. The van der Waals surface area contributed by atoms with Crippen LogP contribution in [0.25, 0.3) is 0 Å². The standard InChI is InChI=1S/C16H25NO/c1-4-17-16(12(2)3)11-18-15-9-8-13-6-5-7-14(13)10-15/h8-10,12,16-17H,4-7,11H2,1-3H3. The van der Waals surface area contributed by atoms with Crippen molar-refractivity contribution < 1.29 is 4.74 Å². The Hall–Kier alpha value is -1.02. The first-order valence-corrected chi connectivity index (χ1v) is 7.18. The van der Waals surface area contributed by atoms with Crippen molar-refractivity contribution in [1.82, 2.24) is 5.32 Å². The van der Waals surface area contributed by atoms with Gasteiger partial charge in [-0.1, -0.05) is 26.8 Å². The molecule has 0 aliphatic heterocycles. The Morgan fingerprint density at radius 3 is 2.72 bits per heavy atom. The molecule has 2 heteroatoms. The SMILES string of the molecule is CCNC(COc1ccc2c(c1)CCC2)C(C)C. The van der Waals surface area contributed by atoms with Gasteiger partial charge in [0.05, 0.1) is 0 Å². The van der Waals surface area contributed by atoms with E-state index in [0.717, 1.165) is 18.9 Å². The first-order chi connectivity index (χ1) is 8.70. The normalized spacial score (nSPS) is 15.8. The number of nitrogens with one attached hydrogen (secondary N) is 1. The first-order valence-electron chi connectivity index (χ1n) is 7.18. The number of benzene rings is 1. The number of hydrogen-bond donors (Lipinski definition) is 1. The van der Waals surface area contributed by atoms with Gasteiger partial charge in [0.1, 0.15) is 12.4 Å². The maximum absolute atomic E-state index is 5.94. The van der Waals surface area contributed by atoms with Crippen molar-refractivity contribution >= 4 is 0 Å². The van der Waals surface area contributed by atoms with E-state index in [0.29, 0.717) is 12.0 Å². The van der Waals surface area contributed by atoms with Crippen LogP contribution in [0.15, 0.2) is 18.2 Å². The Bertz CT molecular complexity index is 387. The molecule has 0 fully saturated rings. The van der Waals surface area contributed by atoms with Gasteiger partial charge in [-0.05, 0) is 55.0 Å². The second-order valence-electron chi connectivity index (χ2n) is 5.50. The van der Waals surface area contributed by atoms with Gasteiger partial charge in [-0.15, -0.1) is 0 Å².